The molecule has 20 heavy (non-hydrogen) atoms. The second kappa shape index (κ2) is 8.46. The molecule has 5 heteroatoms. The van der Waals surface area contributed by atoms with Gasteiger partial charge < -0.3 is 15.7 Å². The van der Waals surface area contributed by atoms with E-state index in [-0.39, 0.29) is 24.0 Å². The van der Waals surface area contributed by atoms with Gasteiger partial charge in [0.15, 0.2) is 5.96 Å². The van der Waals surface area contributed by atoms with Crippen molar-refractivity contribution in [2.45, 2.75) is 38.3 Å². The third-order valence-corrected chi connectivity index (χ3v) is 3.48. The second-order valence-electron chi connectivity index (χ2n) is 5.11. The summed E-state index contributed by atoms with van der Waals surface area (Å²) in [5.74, 6) is 0.770. The molecule has 0 radical (unpaired) electrons. The number of hydrogen-bond donors (Lipinski definition) is 3. The fraction of sp³-hybridized carbons (Fsp3) is 0.533. The van der Waals surface area contributed by atoms with E-state index >= 15 is 0 Å². The van der Waals surface area contributed by atoms with Gasteiger partial charge in [0.25, 0.3) is 0 Å². The molecule has 0 heterocycles. The van der Waals surface area contributed by atoms with E-state index in [2.05, 4.69) is 27.8 Å². The van der Waals surface area contributed by atoms with Gasteiger partial charge in [0.1, 0.15) is 0 Å². The number of nitrogens with one attached hydrogen (secondary N) is 2. The molecule has 3 N–H and O–H groups in total. The first-order valence-corrected chi connectivity index (χ1v) is 7.00. The Morgan fingerprint density at radius 1 is 1.25 bits per heavy atom. The molecule has 0 saturated heterocycles. The minimum Gasteiger partial charge on any atom is -0.388 e. The lowest BCUT2D eigenvalue weighted by atomic mass is 9.80. The van der Waals surface area contributed by atoms with Crippen molar-refractivity contribution in [3.63, 3.8) is 0 Å². The van der Waals surface area contributed by atoms with E-state index in [0.717, 1.165) is 31.8 Å². The highest BCUT2D eigenvalue weighted by atomic mass is 127. The largest absolute Gasteiger partial charge is 0.388 e. The fourth-order valence-electron chi connectivity index (χ4n) is 2.11. The molecule has 1 aromatic rings. The minimum atomic E-state index is -0.525. The van der Waals surface area contributed by atoms with Crippen LogP contribution >= 0.6 is 24.0 Å². The summed E-state index contributed by atoms with van der Waals surface area (Å²) in [7, 11) is 0. The molecular weight excluding hydrogens is 365 g/mol. The summed E-state index contributed by atoms with van der Waals surface area (Å²) >= 11 is 0. The maximum Gasteiger partial charge on any atom is 0.191 e. The highest BCUT2D eigenvalue weighted by Crippen LogP contribution is 2.30. The zero-order chi connectivity index (χ0) is 13.6. The summed E-state index contributed by atoms with van der Waals surface area (Å²) in [6.07, 6.45) is 2.89. The molecule has 4 nitrogen and oxygen atoms in total. The standard InChI is InChI=1S/C15H23N3O.HI/c1-2-16-14(18-12-15(19)9-6-10-15)17-11-13-7-4-3-5-8-13;/h3-5,7-8,19H,2,6,9-12H2,1H3,(H2,16,17,18);1H. The van der Waals surface area contributed by atoms with Crippen LogP contribution < -0.4 is 10.6 Å². The molecule has 0 atom stereocenters. The number of aliphatic hydroxyl groups is 1. The lowest BCUT2D eigenvalue weighted by Gasteiger charge is -2.36. The number of benzene rings is 1. The number of nitrogens with zero attached hydrogens (tertiary/aromatic N) is 1. The van der Waals surface area contributed by atoms with Crippen molar-refractivity contribution in [2.75, 3.05) is 13.1 Å². The molecule has 2 rings (SSSR count). The Labute approximate surface area is 138 Å². The van der Waals surface area contributed by atoms with Crippen LogP contribution in [0.1, 0.15) is 31.7 Å². The van der Waals surface area contributed by atoms with Crippen LogP contribution in [-0.4, -0.2) is 29.8 Å². The first-order valence-electron chi connectivity index (χ1n) is 7.00. The molecule has 1 aliphatic carbocycles. The van der Waals surface area contributed by atoms with Gasteiger partial charge >= 0.3 is 0 Å². The van der Waals surface area contributed by atoms with Crippen LogP contribution in [0.15, 0.2) is 35.3 Å². The predicted octanol–water partition coefficient (Wildman–Crippen LogP) is 2.27. The first kappa shape index (κ1) is 17.2. The van der Waals surface area contributed by atoms with Gasteiger partial charge in [-0.25, -0.2) is 4.99 Å². The Morgan fingerprint density at radius 3 is 2.50 bits per heavy atom. The molecule has 1 aromatic carbocycles. The number of hydrogen-bond acceptors (Lipinski definition) is 2. The molecule has 1 saturated carbocycles. The van der Waals surface area contributed by atoms with Gasteiger partial charge in [-0.2, -0.15) is 0 Å². The Balaban J connectivity index is 0.00000200. The van der Waals surface area contributed by atoms with Crippen molar-refractivity contribution in [1.82, 2.24) is 10.6 Å². The molecule has 0 aromatic heterocycles. The van der Waals surface area contributed by atoms with Crippen molar-refractivity contribution in [3.8, 4) is 0 Å². The fourth-order valence-corrected chi connectivity index (χ4v) is 2.11. The van der Waals surface area contributed by atoms with E-state index in [1.165, 1.54) is 5.56 Å². The van der Waals surface area contributed by atoms with Crippen molar-refractivity contribution in [2.24, 2.45) is 4.99 Å². The van der Waals surface area contributed by atoms with Crippen molar-refractivity contribution >= 4 is 29.9 Å². The highest BCUT2D eigenvalue weighted by molar-refractivity contribution is 14.0. The molecule has 1 aliphatic rings. The third-order valence-electron chi connectivity index (χ3n) is 3.48. The zero-order valence-electron chi connectivity index (χ0n) is 11.9. The minimum absolute atomic E-state index is 0. The lowest BCUT2D eigenvalue weighted by molar-refractivity contribution is -0.0279. The molecular formula is C15H24IN3O. The molecule has 0 amide bonds. The van der Waals surface area contributed by atoms with E-state index in [0.29, 0.717) is 13.1 Å². The summed E-state index contributed by atoms with van der Waals surface area (Å²) in [5, 5.41) is 16.5. The molecule has 112 valence electrons. The zero-order valence-corrected chi connectivity index (χ0v) is 14.3. The van der Waals surface area contributed by atoms with Gasteiger partial charge in [0.2, 0.25) is 0 Å². The smallest absolute Gasteiger partial charge is 0.191 e. The summed E-state index contributed by atoms with van der Waals surface area (Å²) in [5.41, 5.74) is 0.658. The highest BCUT2D eigenvalue weighted by Gasteiger charge is 2.34. The number of rotatable bonds is 5. The number of halogens is 1. The van der Waals surface area contributed by atoms with Crippen LogP contribution in [0.3, 0.4) is 0 Å². The number of aliphatic imine (C=N–C) groups is 1. The molecule has 1 fully saturated rings. The normalized spacial score (nSPS) is 16.8. The quantitative estimate of drug-likeness (QED) is 0.412. The van der Waals surface area contributed by atoms with Crippen LogP contribution in [0.4, 0.5) is 0 Å². The monoisotopic (exact) mass is 389 g/mol. The summed E-state index contributed by atoms with van der Waals surface area (Å²) in [6.45, 7) is 4.08. The van der Waals surface area contributed by atoms with E-state index < -0.39 is 5.60 Å². The van der Waals surface area contributed by atoms with Gasteiger partial charge in [0, 0.05) is 13.1 Å². The van der Waals surface area contributed by atoms with Gasteiger partial charge in [-0.1, -0.05) is 30.3 Å². The van der Waals surface area contributed by atoms with E-state index in [9.17, 15) is 5.11 Å². The summed E-state index contributed by atoms with van der Waals surface area (Å²) < 4.78 is 0. The first-order chi connectivity index (χ1) is 9.22. The maximum absolute atomic E-state index is 10.1. The van der Waals surface area contributed by atoms with Crippen LogP contribution in [0.25, 0.3) is 0 Å². The Bertz CT molecular complexity index is 418. The van der Waals surface area contributed by atoms with Crippen molar-refractivity contribution in [3.05, 3.63) is 35.9 Å². The Hall–Kier alpha value is -0.820. The van der Waals surface area contributed by atoms with Gasteiger partial charge in [-0.15, -0.1) is 24.0 Å². The van der Waals surface area contributed by atoms with Crippen LogP contribution in [0.2, 0.25) is 0 Å². The van der Waals surface area contributed by atoms with E-state index in [1.807, 2.05) is 25.1 Å². The van der Waals surface area contributed by atoms with Gasteiger partial charge in [-0.3, -0.25) is 0 Å². The SMILES string of the molecule is CCNC(=NCc1ccccc1)NCC1(O)CCC1.I. The predicted molar refractivity (Wildman–Crippen MR) is 93.5 cm³/mol. The Morgan fingerprint density at radius 2 is 1.95 bits per heavy atom. The maximum atomic E-state index is 10.1. The van der Waals surface area contributed by atoms with Crippen LogP contribution in [0, 0.1) is 0 Å². The molecule has 0 aliphatic heterocycles. The second-order valence-corrected chi connectivity index (χ2v) is 5.11. The molecule has 0 bridgehead atoms. The number of guanidine groups is 1. The Kier molecular flexibility index (Phi) is 7.29. The average Bonchev–Trinajstić information content (AvgIpc) is 2.41. The molecule has 0 unspecified atom stereocenters. The van der Waals surface area contributed by atoms with Crippen LogP contribution in [0.5, 0.6) is 0 Å². The summed E-state index contributed by atoms with van der Waals surface area (Å²) in [6, 6.07) is 10.2. The van der Waals surface area contributed by atoms with Gasteiger partial charge in [-0.05, 0) is 31.7 Å². The summed E-state index contributed by atoms with van der Waals surface area (Å²) in [4.78, 5) is 4.53. The topological polar surface area (TPSA) is 56.7 Å². The van der Waals surface area contributed by atoms with Crippen molar-refractivity contribution in [1.29, 1.82) is 0 Å². The van der Waals surface area contributed by atoms with Crippen LogP contribution in [-0.2, 0) is 6.54 Å². The van der Waals surface area contributed by atoms with E-state index in [1.54, 1.807) is 0 Å². The van der Waals surface area contributed by atoms with E-state index in [4.69, 9.17) is 0 Å². The lowest BCUT2D eigenvalue weighted by Crippen LogP contribution is -2.50. The third kappa shape index (κ3) is 5.28. The van der Waals surface area contributed by atoms with Gasteiger partial charge in [0.05, 0.1) is 12.1 Å². The molecule has 0 spiro atoms. The van der Waals surface area contributed by atoms with Crippen molar-refractivity contribution < 1.29 is 5.11 Å². The average molecular weight is 389 g/mol.